The van der Waals surface area contributed by atoms with Crippen LogP contribution >= 0.6 is 0 Å². The Hall–Kier alpha value is -0.650. The van der Waals surface area contributed by atoms with Gasteiger partial charge in [0.25, 0.3) is 0 Å². The van der Waals surface area contributed by atoms with E-state index >= 15 is 0 Å². The number of nitrogens with one attached hydrogen (secondary N) is 1. The molecule has 0 aromatic rings. The van der Waals surface area contributed by atoms with E-state index in [9.17, 15) is 4.79 Å². The van der Waals surface area contributed by atoms with E-state index in [0.717, 1.165) is 71.7 Å². The summed E-state index contributed by atoms with van der Waals surface area (Å²) in [5.41, 5.74) is 0. The fourth-order valence-corrected chi connectivity index (χ4v) is 2.91. The Kier molecular flexibility index (Phi) is 6.07. The van der Waals surface area contributed by atoms with Crippen molar-refractivity contribution in [3.8, 4) is 0 Å². The zero-order valence-corrected chi connectivity index (χ0v) is 12.1. The van der Waals surface area contributed by atoms with Gasteiger partial charge in [0.2, 0.25) is 5.91 Å². The van der Waals surface area contributed by atoms with Gasteiger partial charge >= 0.3 is 0 Å². The molecule has 1 N–H and O–H groups in total. The lowest BCUT2D eigenvalue weighted by Gasteiger charge is -2.33. The molecule has 1 atom stereocenters. The molecule has 0 spiro atoms. The number of ether oxygens (including phenoxy) is 1. The fourth-order valence-electron chi connectivity index (χ4n) is 2.91. The maximum Gasteiger partial charge on any atom is 0.239 e. The Labute approximate surface area is 116 Å². The van der Waals surface area contributed by atoms with Crippen LogP contribution in [0.4, 0.5) is 0 Å². The molecule has 2 aliphatic heterocycles. The first-order valence-electron chi connectivity index (χ1n) is 7.63. The standard InChI is InChI=1S/C14H27N3O2/c1-2-15-13-5-3-7-17(14(13)18)8-4-6-16-9-11-19-12-10-16/h13,15H,2-12H2,1H3. The van der Waals surface area contributed by atoms with Crippen molar-refractivity contribution in [1.82, 2.24) is 15.1 Å². The van der Waals surface area contributed by atoms with Gasteiger partial charge in [-0.1, -0.05) is 6.92 Å². The van der Waals surface area contributed by atoms with Gasteiger partial charge in [0.05, 0.1) is 19.3 Å². The number of rotatable bonds is 6. The van der Waals surface area contributed by atoms with E-state index in [1.54, 1.807) is 0 Å². The lowest BCUT2D eigenvalue weighted by atomic mass is 10.0. The van der Waals surface area contributed by atoms with Crippen molar-refractivity contribution in [1.29, 1.82) is 0 Å². The molecule has 0 aromatic heterocycles. The lowest BCUT2D eigenvalue weighted by molar-refractivity contribution is -0.136. The number of carbonyl (C=O) groups excluding carboxylic acids is 1. The van der Waals surface area contributed by atoms with Gasteiger partial charge in [-0.2, -0.15) is 0 Å². The van der Waals surface area contributed by atoms with Crippen LogP contribution in [0.5, 0.6) is 0 Å². The molecule has 1 unspecified atom stereocenters. The van der Waals surface area contributed by atoms with Crippen LogP contribution in [0, 0.1) is 0 Å². The number of likely N-dealkylation sites (N-methyl/N-ethyl adjacent to an activating group) is 1. The van der Waals surface area contributed by atoms with Gasteiger partial charge in [-0.25, -0.2) is 0 Å². The number of hydrogen-bond donors (Lipinski definition) is 1. The van der Waals surface area contributed by atoms with Crippen molar-refractivity contribution in [2.24, 2.45) is 0 Å². The molecule has 0 radical (unpaired) electrons. The Bertz CT molecular complexity index is 278. The second-order valence-corrected chi connectivity index (χ2v) is 5.39. The molecule has 2 rings (SSSR count). The summed E-state index contributed by atoms with van der Waals surface area (Å²) in [6, 6.07) is 0.0575. The largest absolute Gasteiger partial charge is 0.379 e. The van der Waals surface area contributed by atoms with Gasteiger partial charge in [0, 0.05) is 32.7 Å². The quantitative estimate of drug-likeness (QED) is 0.754. The van der Waals surface area contributed by atoms with E-state index in [4.69, 9.17) is 4.74 Å². The highest BCUT2D eigenvalue weighted by Gasteiger charge is 2.27. The first-order chi connectivity index (χ1) is 9.31. The number of piperidine rings is 1. The monoisotopic (exact) mass is 269 g/mol. The summed E-state index contributed by atoms with van der Waals surface area (Å²) in [7, 11) is 0. The van der Waals surface area contributed by atoms with Crippen molar-refractivity contribution < 1.29 is 9.53 Å². The van der Waals surface area contributed by atoms with Crippen molar-refractivity contribution in [2.45, 2.75) is 32.2 Å². The smallest absolute Gasteiger partial charge is 0.239 e. The van der Waals surface area contributed by atoms with E-state index in [1.807, 2.05) is 4.90 Å². The Balaban J connectivity index is 1.68. The predicted octanol–water partition coefficient (Wildman–Crippen LogP) is 0.309. The molecular formula is C14H27N3O2. The van der Waals surface area contributed by atoms with Crippen molar-refractivity contribution >= 4 is 5.91 Å². The number of likely N-dealkylation sites (tertiary alicyclic amines) is 1. The topological polar surface area (TPSA) is 44.8 Å². The summed E-state index contributed by atoms with van der Waals surface area (Å²) in [5, 5.41) is 3.29. The van der Waals surface area contributed by atoms with E-state index in [0.29, 0.717) is 5.91 Å². The van der Waals surface area contributed by atoms with E-state index in [-0.39, 0.29) is 6.04 Å². The van der Waals surface area contributed by atoms with Crippen molar-refractivity contribution in [3.05, 3.63) is 0 Å². The van der Waals surface area contributed by atoms with Crippen LogP contribution in [0.15, 0.2) is 0 Å². The third-order valence-corrected chi connectivity index (χ3v) is 3.99. The molecule has 1 amide bonds. The Morgan fingerprint density at radius 3 is 2.79 bits per heavy atom. The Morgan fingerprint density at radius 2 is 2.05 bits per heavy atom. The number of carbonyl (C=O) groups is 1. The highest BCUT2D eigenvalue weighted by atomic mass is 16.5. The fraction of sp³-hybridized carbons (Fsp3) is 0.929. The summed E-state index contributed by atoms with van der Waals surface area (Å²) in [5.74, 6) is 0.301. The average molecular weight is 269 g/mol. The predicted molar refractivity (Wildman–Crippen MR) is 75.2 cm³/mol. The number of morpholine rings is 1. The molecule has 5 heteroatoms. The molecule has 2 fully saturated rings. The highest BCUT2D eigenvalue weighted by Crippen LogP contribution is 2.12. The van der Waals surface area contributed by atoms with Gasteiger partial charge in [0.1, 0.15) is 0 Å². The van der Waals surface area contributed by atoms with Gasteiger partial charge in [-0.3, -0.25) is 9.69 Å². The summed E-state index contributed by atoms with van der Waals surface area (Å²) >= 11 is 0. The second-order valence-electron chi connectivity index (χ2n) is 5.39. The minimum Gasteiger partial charge on any atom is -0.379 e. The third kappa shape index (κ3) is 4.44. The molecule has 19 heavy (non-hydrogen) atoms. The molecule has 0 bridgehead atoms. The highest BCUT2D eigenvalue weighted by molar-refractivity contribution is 5.82. The van der Waals surface area contributed by atoms with E-state index in [1.165, 1.54) is 0 Å². The normalized spacial score (nSPS) is 25.8. The number of amides is 1. The van der Waals surface area contributed by atoms with Gasteiger partial charge in [-0.15, -0.1) is 0 Å². The molecular weight excluding hydrogens is 242 g/mol. The molecule has 0 aliphatic carbocycles. The molecule has 5 nitrogen and oxygen atoms in total. The lowest BCUT2D eigenvalue weighted by Crippen LogP contribution is -2.51. The maximum absolute atomic E-state index is 12.2. The molecule has 0 saturated carbocycles. The molecule has 2 saturated heterocycles. The first-order valence-corrected chi connectivity index (χ1v) is 7.63. The van der Waals surface area contributed by atoms with Crippen LogP contribution < -0.4 is 5.32 Å². The van der Waals surface area contributed by atoms with E-state index in [2.05, 4.69) is 17.1 Å². The maximum atomic E-state index is 12.2. The zero-order valence-electron chi connectivity index (χ0n) is 12.1. The van der Waals surface area contributed by atoms with Crippen LogP contribution in [0.3, 0.4) is 0 Å². The molecule has 2 aliphatic rings. The summed E-state index contributed by atoms with van der Waals surface area (Å²) < 4.78 is 5.34. The van der Waals surface area contributed by atoms with Crippen LogP contribution in [0.1, 0.15) is 26.2 Å². The minimum atomic E-state index is 0.0575. The third-order valence-electron chi connectivity index (χ3n) is 3.99. The first kappa shape index (κ1) is 14.8. The molecule has 2 heterocycles. The molecule has 110 valence electrons. The minimum absolute atomic E-state index is 0.0575. The van der Waals surface area contributed by atoms with Crippen LogP contribution in [0.25, 0.3) is 0 Å². The molecule has 0 aromatic carbocycles. The summed E-state index contributed by atoms with van der Waals surface area (Å²) in [6.07, 6.45) is 3.19. The van der Waals surface area contributed by atoms with Crippen LogP contribution in [-0.4, -0.2) is 74.2 Å². The zero-order chi connectivity index (χ0) is 13.5. The number of nitrogens with zero attached hydrogens (tertiary/aromatic N) is 2. The average Bonchev–Trinajstić information content (AvgIpc) is 2.44. The Morgan fingerprint density at radius 1 is 1.26 bits per heavy atom. The van der Waals surface area contributed by atoms with Crippen molar-refractivity contribution in [3.63, 3.8) is 0 Å². The van der Waals surface area contributed by atoms with Crippen LogP contribution in [0.2, 0.25) is 0 Å². The summed E-state index contributed by atoms with van der Waals surface area (Å²) in [6.45, 7) is 9.63. The second kappa shape index (κ2) is 7.82. The van der Waals surface area contributed by atoms with Gasteiger partial charge in [-0.05, 0) is 25.8 Å². The van der Waals surface area contributed by atoms with Gasteiger partial charge in [0.15, 0.2) is 0 Å². The summed E-state index contributed by atoms with van der Waals surface area (Å²) in [4.78, 5) is 16.7. The van der Waals surface area contributed by atoms with Gasteiger partial charge < -0.3 is 15.0 Å². The van der Waals surface area contributed by atoms with E-state index < -0.39 is 0 Å². The van der Waals surface area contributed by atoms with Crippen LogP contribution in [-0.2, 0) is 9.53 Å². The SMILES string of the molecule is CCNC1CCCN(CCCN2CCOCC2)C1=O. The number of hydrogen-bond acceptors (Lipinski definition) is 4. The van der Waals surface area contributed by atoms with Crippen molar-refractivity contribution in [2.75, 3.05) is 52.5 Å².